The summed E-state index contributed by atoms with van der Waals surface area (Å²) in [5.41, 5.74) is 0. The maximum atomic E-state index is 10.9. The van der Waals surface area contributed by atoms with Crippen LogP contribution in [-0.4, -0.2) is 29.4 Å². The van der Waals surface area contributed by atoms with Crippen LogP contribution in [0.2, 0.25) is 0 Å². The minimum absolute atomic E-state index is 0. The molecule has 0 aliphatic carbocycles. The first-order valence-electron chi connectivity index (χ1n) is 6.54. The molecule has 1 N–H and O–H groups in total. The van der Waals surface area contributed by atoms with Crippen LogP contribution in [0, 0.1) is 0 Å². The molecule has 0 spiro atoms. The SMILES string of the molecule is CCCC(CCCCCC(O)CC)S(=O)(=O)[O-].[K+]. The number of rotatable bonds is 10. The first-order valence-corrected chi connectivity index (χ1v) is 8.01. The second-order valence-corrected chi connectivity index (χ2v) is 6.26. The van der Waals surface area contributed by atoms with Crippen molar-refractivity contribution in [3.63, 3.8) is 0 Å². The first-order chi connectivity index (χ1) is 7.91. The molecule has 18 heavy (non-hydrogen) atoms. The Labute approximate surface area is 154 Å². The largest absolute Gasteiger partial charge is 1.00 e. The van der Waals surface area contributed by atoms with Gasteiger partial charge in [-0.1, -0.05) is 39.5 Å². The Bertz CT molecular complexity index is 280. The third kappa shape index (κ3) is 11.3. The summed E-state index contributed by atoms with van der Waals surface area (Å²) in [4.78, 5) is 0. The molecular formula is C12H25KO4S. The van der Waals surface area contributed by atoms with Gasteiger partial charge in [-0.05, 0) is 25.7 Å². The average molecular weight is 304 g/mol. The van der Waals surface area contributed by atoms with Crippen molar-refractivity contribution in [1.82, 2.24) is 0 Å². The van der Waals surface area contributed by atoms with Gasteiger partial charge in [-0.15, -0.1) is 0 Å². The normalized spacial score (nSPS) is 14.9. The molecule has 104 valence electrons. The summed E-state index contributed by atoms with van der Waals surface area (Å²) in [6.45, 7) is 3.82. The molecule has 0 bridgehead atoms. The Morgan fingerprint density at radius 2 is 1.61 bits per heavy atom. The van der Waals surface area contributed by atoms with Gasteiger partial charge in [-0.3, -0.25) is 0 Å². The number of hydrogen-bond acceptors (Lipinski definition) is 4. The van der Waals surface area contributed by atoms with Gasteiger partial charge in [0.05, 0.1) is 16.2 Å². The van der Waals surface area contributed by atoms with E-state index in [4.69, 9.17) is 0 Å². The smallest absolute Gasteiger partial charge is 0.748 e. The average Bonchev–Trinajstić information content (AvgIpc) is 2.25. The second-order valence-electron chi connectivity index (χ2n) is 4.60. The van der Waals surface area contributed by atoms with Gasteiger partial charge in [0.15, 0.2) is 0 Å². The quantitative estimate of drug-likeness (QED) is 0.333. The number of aliphatic hydroxyl groups excluding tert-OH is 1. The molecule has 0 rings (SSSR count). The molecular weight excluding hydrogens is 279 g/mol. The Balaban J connectivity index is 0. The van der Waals surface area contributed by atoms with Gasteiger partial charge >= 0.3 is 51.4 Å². The van der Waals surface area contributed by atoms with Gasteiger partial charge in [-0.2, -0.15) is 0 Å². The molecule has 0 saturated carbocycles. The van der Waals surface area contributed by atoms with Gasteiger partial charge in [0.25, 0.3) is 0 Å². The van der Waals surface area contributed by atoms with Gasteiger partial charge in [0.1, 0.15) is 0 Å². The van der Waals surface area contributed by atoms with E-state index in [0.717, 1.165) is 38.5 Å². The zero-order valence-electron chi connectivity index (χ0n) is 11.9. The fourth-order valence-electron chi connectivity index (χ4n) is 1.89. The summed E-state index contributed by atoms with van der Waals surface area (Å²) in [6.07, 6.45) is 5.45. The van der Waals surface area contributed by atoms with Gasteiger partial charge in [-0.25, -0.2) is 8.42 Å². The molecule has 0 radical (unpaired) electrons. The van der Waals surface area contributed by atoms with E-state index in [0.29, 0.717) is 12.8 Å². The van der Waals surface area contributed by atoms with Crippen LogP contribution >= 0.6 is 0 Å². The van der Waals surface area contributed by atoms with Gasteiger partial charge in [0, 0.05) is 5.25 Å². The molecule has 0 aromatic carbocycles. The monoisotopic (exact) mass is 304 g/mol. The minimum Gasteiger partial charge on any atom is -0.748 e. The van der Waals surface area contributed by atoms with Crippen LogP contribution in [0.1, 0.15) is 65.2 Å². The fraction of sp³-hybridized carbons (Fsp3) is 1.00. The van der Waals surface area contributed by atoms with Crippen molar-refractivity contribution in [2.24, 2.45) is 0 Å². The molecule has 0 aromatic rings. The molecule has 2 unspecified atom stereocenters. The summed E-state index contributed by atoms with van der Waals surface area (Å²) in [5.74, 6) is 0. The Morgan fingerprint density at radius 3 is 2.06 bits per heavy atom. The molecule has 0 aromatic heterocycles. The van der Waals surface area contributed by atoms with Crippen LogP contribution in [-0.2, 0) is 10.1 Å². The first kappa shape index (κ1) is 21.8. The van der Waals surface area contributed by atoms with Crippen molar-refractivity contribution in [2.75, 3.05) is 0 Å². The van der Waals surface area contributed by atoms with Crippen LogP contribution in [0.5, 0.6) is 0 Å². The maximum absolute atomic E-state index is 10.9. The predicted molar refractivity (Wildman–Crippen MR) is 67.8 cm³/mol. The maximum Gasteiger partial charge on any atom is 1.00 e. The van der Waals surface area contributed by atoms with Crippen LogP contribution in [0.4, 0.5) is 0 Å². The van der Waals surface area contributed by atoms with E-state index in [1.54, 1.807) is 0 Å². The van der Waals surface area contributed by atoms with Gasteiger partial charge < -0.3 is 9.66 Å². The van der Waals surface area contributed by atoms with Crippen molar-refractivity contribution in [2.45, 2.75) is 76.6 Å². The van der Waals surface area contributed by atoms with E-state index in [-0.39, 0.29) is 57.5 Å². The summed E-state index contributed by atoms with van der Waals surface area (Å²) in [7, 11) is -4.13. The van der Waals surface area contributed by atoms with Crippen LogP contribution in [0.25, 0.3) is 0 Å². The van der Waals surface area contributed by atoms with E-state index in [9.17, 15) is 18.1 Å². The molecule has 6 heteroatoms. The third-order valence-electron chi connectivity index (χ3n) is 3.05. The van der Waals surface area contributed by atoms with E-state index >= 15 is 0 Å². The molecule has 0 aliphatic rings. The Morgan fingerprint density at radius 1 is 1.06 bits per heavy atom. The van der Waals surface area contributed by atoms with Crippen molar-refractivity contribution in [1.29, 1.82) is 0 Å². The number of aliphatic hydroxyl groups is 1. The van der Waals surface area contributed by atoms with Crippen LogP contribution < -0.4 is 51.4 Å². The summed E-state index contributed by atoms with van der Waals surface area (Å²) in [5, 5.41) is 8.62. The van der Waals surface area contributed by atoms with Crippen molar-refractivity contribution < 1.29 is 69.5 Å². The Kier molecular flexibility index (Phi) is 14.9. The standard InChI is InChI=1S/C12H26O4S.K/c1-3-8-12(17(14,15)16)10-7-5-6-9-11(13)4-2;/h11-13H,3-10H2,1-2H3,(H,14,15,16);/q;+1/p-1. The van der Waals surface area contributed by atoms with Gasteiger partial charge in [0.2, 0.25) is 0 Å². The zero-order valence-corrected chi connectivity index (χ0v) is 15.8. The molecule has 0 aliphatic heterocycles. The van der Waals surface area contributed by atoms with Crippen LogP contribution in [0.3, 0.4) is 0 Å². The topological polar surface area (TPSA) is 77.4 Å². The predicted octanol–water partition coefficient (Wildman–Crippen LogP) is -0.574. The molecule has 0 saturated heterocycles. The number of hydrogen-bond donors (Lipinski definition) is 1. The van der Waals surface area contributed by atoms with Crippen molar-refractivity contribution in [3.8, 4) is 0 Å². The second kappa shape index (κ2) is 12.3. The molecule has 2 atom stereocenters. The van der Waals surface area contributed by atoms with Crippen molar-refractivity contribution >= 4 is 10.1 Å². The van der Waals surface area contributed by atoms with E-state index in [1.807, 2.05) is 13.8 Å². The molecule has 4 nitrogen and oxygen atoms in total. The zero-order chi connectivity index (χ0) is 13.3. The molecule has 0 fully saturated rings. The fourth-order valence-corrected chi connectivity index (χ4v) is 2.87. The molecule has 0 amide bonds. The Hall–Kier alpha value is 1.51. The van der Waals surface area contributed by atoms with E-state index in [2.05, 4.69) is 0 Å². The summed E-state index contributed by atoms with van der Waals surface area (Å²) >= 11 is 0. The van der Waals surface area contributed by atoms with E-state index < -0.39 is 15.4 Å². The summed E-state index contributed by atoms with van der Waals surface area (Å²) in [6, 6.07) is 0. The molecule has 0 heterocycles. The number of unbranched alkanes of at least 4 members (excludes halogenated alkanes) is 2. The third-order valence-corrected chi connectivity index (χ3v) is 4.34. The van der Waals surface area contributed by atoms with E-state index in [1.165, 1.54) is 0 Å². The minimum atomic E-state index is -4.13. The van der Waals surface area contributed by atoms with Crippen LogP contribution in [0.15, 0.2) is 0 Å². The van der Waals surface area contributed by atoms with Crippen molar-refractivity contribution in [3.05, 3.63) is 0 Å². The summed E-state index contributed by atoms with van der Waals surface area (Å²) < 4.78 is 32.8.